The first kappa shape index (κ1) is 27.2. The van der Waals surface area contributed by atoms with Crippen LogP contribution in [0.1, 0.15) is 87.4 Å². The van der Waals surface area contributed by atoms with Gasteiger partial charge >= 0.3 is 11.9 Å². The number of phenolic OH excluding ortho intramolecular Hbond substituents is 2. The van der Waals surface area contributed by atoms with Gasteiger partial charge in [0.2, 0.25) is 0 Å². The summed E-state index contributed by atoms with van der Waals surface area (Å²) in [5.41, 5.74) is 2.34. The van der Waals surface area contributed by atoms with E-state index in [0.29, 0.717) is 45.8 Å². The lowest BCUT2D eigenvalue weighted by Crippen LogP contribution is -2.33. The first-order valence-corrected chi connectivity index (χ1v) is 13.8. The summed E-state index contributed by atoms with van der Waals surface area (Å²) < 4.78 is 7.43. The highest BCUT2D eigenvalue weighted by molar-refractivity contribution is 9.11. The number of ether oxygens (including phenoxy) is 1. The lowest BCUT2D eigenvalue weighted by atomic mass is 9.75. The fourth-order valence-electron chi connectivity index (χ4n) is 5.56. The van der Waals surface area contributed by atoms with Crippen molar-refractivity contribution >= 4 is 43.8 Å². The zero-order valence-electron chi connectivity index (χ0n) is 21.0. The Morgan fingerprint density at radius 3 is 1.70 bits per heavy atom. The predicted molar refractivity (Wildman–Crippen MR) is 148 cm³/mol. The van der Waals surface area contributed by atoms with Crippen LogP contribution in [0.15, 0.2) is 39.3 Å². The number of hydrogen-bond acceptors (Lipinski definition) is 5. The topological polar surface area (TPSA) is 104 Å². The molecule has 37 heavy (non-hydrogen) atoms. The quantitative estimate of drug-likeness (QED) is 0.242. The molecule has 0 bridgehead atoms. The summed E-state index contributed by atoms with van der Waals surface area (Å²) in [6.45, 7) is 7.79. The Bertz CT molecular complexity index is 1380. The van der Waals surface area contributed by atoms with Crippen molar-refractivity contribution in [3.63, 3.8) is 0 Å². The lowest BCUT2D eigenvalue weighted by molar-refractivity contribution is 0.0240. The number of carbonyl (C=O) groups is 2. The van der Waals surface area contributed by atoms with Crippen LogP contribution in [0.3, 0.4) is 0 Å². The molecular weight excluding hydrogens is 604 g/mol. The van der Waals surface area contributed by atoms with Crippen LogP contribution in [0.4, 0.5) is 0 Å². The average Bonchev–Trinajstić information content (AvgIpc) is 3.18. The molecule has 0 saturated heterocycles. The predicted octanol–water partition coefficient (Wildman–Crippen LogP) is 7.03. The largest absolute Gasteiger partial charge is 0.508 e. The van der Waals surface area contributed by atoms with Gasteiger partial charge in [0.1, 0.15) is 11.5 Å². The Hall–Kier alpha value is -2.84. The van der Waals surface area contributed by atoms with Crippen molar-refractivity contribution in [3.8, 4) is 11.5 Å². The highest BCUT2D eigenvalue weighted by Gasteiger charge is 2.53. The molecule has 0 saturated carbocycles. The van der Waals surface area contributed by atoms with Crippen molar-refractivity contribution in [2.75, 3.05) is 0 Å². The maximum Gasteiger partial charge on any atom is 0.340 e. The number of aromatic carboxylic acids is 1. The van der Waals surface area contributed by atoms with E-state index in [2.05, 4.69) is 31.9 Å². The van der Waals surface area contributed by atoms with Gasteiger partial charge in [-0.25, -0.2) is 9.59 Å². The molecule has 1 aliphatic rings. The second-order valence-corrected chi connectivity index (χ2v) is 10.5. The van der Waals surface area contributed by atoms with Gasteiger partial charge in [-0.2, -0.15) is 0 Å². The van der Waals surface area contributed by atoms with Crippen LogP contribution in [-0.4, -0.2) is 27.3 Å². The highest BCUT2D eigenvalue weighted by Crippen LogP contribution is 2.55. The number of benzene rings is 3. The molecule has 194 valence electrons. The van der Waals surface area contributed by atoms with Crippen LogP contribution in [0.5, 0.6) is 11.5 Å². The van der Waals surface area contributed by atoms with Gasteiger partial charge < -0.3 is 20.1 Å². The number of cyclic esters (lactones) is 1. The SMILES string of the molecule is CCc1c(O)cc(C2(c3cc(O)c(CC)c(CC)c3Br)OC(=O)c3cccc(C(=O)O)c32)c(Br)c1CC. The number of carbonyl (C=O) groups excluding carboxylic acids is 1. The molecule has 3 N–H and O–H groups in total. The molecule has 0 amide bonds. The zero-order valence-corrected chi connectivity index (χ0v) is 24.2. The van der Waals surface area contributed by atoms with Crippen molar-refractivity contribution in [2.45, 2.75) is 59.0 Å². The van der Waals surface area contributed by atoms with Crippen LogP contribution in [-0.2, 0) is 36.0 Å². The summed E-state index contributed by atoms with van der Waals surface area (Å²) in [4.78, 5) is 25.9. The third-order valence-electron chi connectivity index (χ3n) is 7.20. The summed E-state index contributed by atoms with van der Waals surface area (Å²) in [7, 11) is 0. The van der Waals surface area contributed by atoms with Gasteiger partial charge in [0.25, 0.3) is 0 Å². The number of carboxylic acid groups (broad SMARTS) is 1. The second-order valence-electron chi connectivity index (χ2n) is 8.95. The molecule has 8 heteroatoms. The lowest BCUT2D eigenvalue weighted by Gasteiger charge is -2.35. The molecule has 1 aliphatic heterocycles. The van der Waals surface area contributed by atoms with Crippen LogP contribution in [0.25, 0.3) is 0 Å². The van der Waals surface area contributed by atoms with Gasteiger partial charge in [-0.1, -0.05) is 65.6 Å². The highest BCUT2D eigenvalue weighted by atomic mass is 79.9. The van der Waals surface area contributed by atoms with Crippen molar-refractivity contribution < 1.29 is 29.6 Å². The minimum atomic E-state index is -1.76. The summed E-state index contributed by atoms with van der Waals surface area (Å²) in [5.74, 6) is -1.86. The van der Waals surface area contributed by atoms with E-state index in [1.165, 1.54) is 30.3 Å². The Balaban J connectivity index is 2.29. The normalized spacial score (nSPS) is 13.9. The van der Waals surface area contributed by atoms with Gasteiger partial charge in [-0.05, 0) is 72.2 Å². The first-order valence-electron chi connectivity index (χ1n) is 12.3. The number of carboxylic acids is 1. The maximum atomic E-state index is 13.4. The zero-order chi connectivity index (χ0) is 27.2. The minimum Gasteiger partial charge on any atom is -0.508 e. The Labute approximate surface area is 232 Å². The maximum absolute atomic E-state index is 13.4. The van der Waals surface area contributed by atoms with Crippen LogP contribution in [0.2, 0.25) is 0 Å². The third kappa shape index (κ3) is 3.96. The second kappa shape index (κ2) is 10.1. The molecule has 0 fully saturated rings. The molecule has 3 aromatic carbocycles. The Morgan fingerprint density at radius 1 is 0.838 bits per heavy atom. The van der Waals surface area contributed by atoms with E-state index in [-0.39, 0.29) is 28.2 Å². The molecule has 3 aromatic rings. The van der Waals surface area contributed by atoms with Gasteiger partial charge in [-0.3, -0.25) is 0 Å². The molecule has 0 aromatic heterocycles. The minimum absolute atomic E-state index is 0.0236. The number of aromatic hydroxyl groups is 2. The Morgan fingerprint density at radius 2 is 1.30 bits per heavy atom. The van der Waals surface area contributed by atoms with Crippen molar-refractivity contribution in [3.05, 3.63) is 89.3 Å². The fourth-order valence-corrected chi connectivity index (χ4v) is 7.39. The molecule has 0 aliphatic carbocycles. The van der Waals surface area contributed by atoms with E-state index >= 15 is 0 Å². The van der Waals surface area contributed by atoms with E-state index in [0.717, 1.165) is 22.3 Å². The molecule has 0 atom stereocenters. The first-order chi connectivity index (χ1) is 17.6. The number of fused-ring (bicyclic) bond motifs is 1. The van der Waals surface area contributed by atoms with Crippen molar-refractivity contribution in [1.82, 2.24) is 0 Å². The summed E-state index contributed by atoms with van der Waals surface area (Å²) in [6, 6.07) is 7.54. The van der Waals surface area contributed by atoms with Gasteiger partial charge in [0.05, 0.1) is 11.1 Å². The number of rotatable bonds is 7. The smallest absolute Gasteiger partial charge is 0.340 e. The number of phenols is 2. The van der Waals surface area contributed by atoms with E-state index < -0.39 is 17.5 Å². The molecule has 0 unspecified atom stereocenters. The van der Waals surface area contributed by atoms with Crippen molar-refractivity contribution in [2.24, 2.45) is 0 Å². The van der Waals surface area contributed by atoms with E-state index in [4.69, 9.17) is 4.74 Å². The van der Waals surface area contributed by atoms with E-state index in [1.807, 2.05) is 27.7 Å². The standard InChI is InChI=1S/C29H28Br2O6/c1-5-14-16(7-3)25(30)20(12-22(14)32)29(21-13-23(33)15(6-2)17(8-4)26(21)31)24-18(27(34)35)10-9-11-19(24)28(36)37-29/h9-13,32-33H,5-8H2,1-4H3,(H,34,35). The molecule has 0 radical (unpaired) electrons. The van der Waals surface area contributed by atoms with Gasteiger partial charge in [0.15, 0.2) is 5.60 Å². The third-order valence-corrected chi connectivity index (χ3v) is 9.01. The summed E-state index contributed by atoms with van der Waals surface area (Å²) in [6.07, 6.45) is 2.30. The number of esters is 1. The van der Waals surface area contributed by atoms with Crippen LogP contribution < -0.4 is 0 Å². The molecule has 6 nitrogen and oxygen atoms in total. The van der Waals surface area contributed by atoms with Gasteiger partial charge in [-0.15, -0.1) is 0 Å². The Kier molecular flexibility index (Phi) is 7.45. The van der Waals surface area contributed by atoms with E-state index in [9.17, 15) is 24.9 Å². The van der Waals surface area contributed by atoms with Crippen LogP contribution in [0, 0.1) is 0 Å². The molecule has 1 heterocycles. The fraction of sp³-hybridized carbons (Fsp3) is 0.310. The average molecular weight is 632 g/mol. The number of hydrogen-bond donors (Lipinski definition) is 3. The summed E-state index contributed by atoms with van der Waals surface area (Å²) in [5, 5.41) is 32.4. The van der Waals surface area contributed by atoms with Crippen LogP contribution >= 0.6 is 31.9 Å². The van der Waals surface area contributed by atoms with Crippen molar-refractivity contribution in [1.29, 1.82) is 0 Å². The monoisotopic (exact) mass is 630 g/mol. The van der Waals surface area contributed by atoms with E-state index in [1.54, 1.807) is 0 Å². The number of halogens is 2. The summed E-state index contributed by atoms with van der Waals surface area (Å²) >= 11 is 7.44. The molecule has 0 spiro atoms. The van der Waals surface area contributed by atoms with Gasteiger partial charge in [0, 0.05) is 25.6 Å². The molecule has 4 rings (SSSR count). The molecular formula is C29H28Br2O6.